The highest BCUT2D eigenvalue weighted by molar-refractivity contribution is 9.10. The largest absolute Gasteiger partial charge is 0.466 e. The van der Waals surface area contributed by atoms with Crippen LogP contribution in [-0.2, 0) is 16.0 Å². The molecule has 4 heteroatoms. The van der Waals surface area contributed by atoms with E-state index in [0.29, 0.717) is 13.0 Å². The van der Waals surface area contributed by atoms with E-state index >= 15 is 0 Å². The van der Waals surface area contributed by atoms with Crippen molar-refractivity contribution >= 4 is 21.9 Å². The normalized spacial score (nSPS) is 10.1. The summed E-state index contributed by atoms with van der Waals surface area (Å²) in [7, 11) is 0. The number of halogens is 1. The van der Waals surface area contributed by atoms with Crippen molar-refractivity contribution in [3.05, 3.63) is 28.5 Å². The van der Waals surface area contributed by atoms with E-state index < -0.39 is 0 Å². The number of carbonyl (C=O) groups is 1. The van der Waals surface area contributed by atoms with Gasteiger partial charge in [0.2, 0.25) is 0 Å². The number of unbranched alkanes of at least 4 members (excludes halogenated alkanes) is 1. The second-order valence-electron chi connectivity index (χ2n) is 3.48. The number of aryl methyl sites for hydroxylation is 1. The van der Waals surface area contributed by atoms with Crippen molar-refractivity contribution in [2.45, 2.75) is 32.6 Å². The van der Waals surface area contributed by atoms with E-state index in [4.69, 9.17) is 4.74 Å². The summed E-state index contributed by atoms with van der Waals surface area (Å²) in [6.07, 6.45) is 5.03. The number of esters is 1. The zero-order valence-electron chi connectivity index (χ0n) is 9.41. The number of rotatable bonds is 6. The lowest BCUT2D eigenvalue weighted by Crippen LogP contribution is -2.03. The highest BCUT2D eigenvalue weighted by atomic mass is 79.9. The van der Waals surface area contributed by atoms with Gasteiger partial charge in [-0.15, -0.1) is 0 Å². The maximum Gasteiger partial charge on any atom is 0.305 e. The third-order valence-corrected chi connectivity index (χ3v) is 2.63. The highest BCUT2D eigenvalue weighted by Crippen LogP contribution is 2.10. The molecule has 1 aromatic rings. The fraction of sp³-hybridized carbons (Fsp3) is 0.500. The molecule has 0 aliphatic heterocycles. The van der Waals surface area contributed by atoms with Crippen molar-refractivity contribution < 1.29 is 9.53 Å². The van der Waals surface area contributed by atoms with Crippen molar-refractivity contribution in [3.63, 3.8) is 0 Å². The maximum absolute atomic E-state index is 11.1. The summed E-state index contributed by atoms with van der Waals surface area (Å²) in [5.41, 5.74) is 1.06. The van der Waals surface area contributed by atoms with Crippen LogP contribution in [0.2, 0.25) is 0 Å². The Morgan fingerprint density at radius 1 is 1.44 bits per heavy atom. The Kier molecular flexibility index (Phi) is 6.08. The quantitative estimate of drug-likeness (QED) is 0.596. The first-order valence-corrected chi connectivity index (χ1v) is 6.27. The van der Waals surface area contributed by atoms with Crippen LogP contribution in [0.4, 0.5) is 0 Å². The molecule has 88 valence electrons. The zero-order valence-corrected chi connectivity index (χ0v) is 11.0. The molecule has 0 amide bonds. The zero-order chi connectivity index (χ0) is 11.8. The summed E-state index contributed by atoms with van der Waals surface area (Å²) >= 11 is 3.34. The molecule has 16 heavy (non-hydrogen) atoms. The summed E-state index contributed by atoms with van der Waals surface area (Å²) in [5.74, 6) is -0.105. The van der Waals surface area contributed by atoms with Gasteiger partial charge >= 0.3 is 5.97 Å². The van der Waals surface area contributed by atoms with E-state index in [1.165, 1.54) is 0 Å². The molecule has 0 unspecified atom stereocenters. The van der Waals surface area contributed by atoms with Crippen molar-refractivity contribution in [2.24, 2.45) is 0 Å². The van der Waals surface area contributed by atoms with Crippen LogP contribution in [0, 0.1) is 0 Å². The van der Waals surface area contributed by atoms with Gasteiger partial charge in [0.25, 0.3) is 0 Å². The third-order valence-electron chi connectivity index (χ3n) is 2.16. The lowest BCUT2D eigenvalue weighted by Gasteiger charge is -2.02. The van der Waals surface area contributed by atoms with E-state index in [9.17, 15) is 4.79 Å². The van der Waals surface area contributed by atoms with Crippen LogP contribution in [0.3, 0.4) is 0 Å². The van der Waals surface area contributed by atoms with Crippen LogP contribution in [-0.4, -0.2) is 17.6 Å². The Labute approximate surface area is 104 Å². The fourth-order valence-corrected chi connectivity index (χ4v) is 1.60. The molecular weight excluding hydrogens is 270 g/mol. The monoisotopic (exact) mass is 285 g/mol. The summed E-state index contributed by atoms with van der Waals surface area (Å²) in [4.78, 5) is 15.3. The van der Waals surface area contributed by atoms with Gasteiger partial charge in [-0.25, -0.2) is 0 Å². The van der Waals surface area contributed by atoms with E-state index in [1.807, 2.05) is 19.1 Å². The Hall–Kier alpha value is -0.900. The maximum atomic E-state index is 11.1. The van der Waals surface area contributed by atoms with Crippen molar-refractivity contribution in [1.29, 1.82) is 0 Å². The number of aromatic nitrogens is 1. The molecule has 0 saturated carbocycles. The van der Waals surface area contributed by atoms with Gasteiger partial charge in [-0.1, -0.05) is 0 Å². The Morgan fingerprint density at radius 3 is 2.88 bits per heavy atom. The molecule has 0 aromatic carbocycles. The Balaban J connectivity index is 2.16. The first-order chi connectivity index (χ1) is 7.72. The standard InChI is InChI=1S/C12H16BrNO2/c1-2-16-12(15)6-4-3-5-11-8-7-10(13)9-14-11/h7-9H,2-6H2,1H3. The second-order valence-corrected chi connectivity index (χ2v) is 4.40. The average Bonchev–Trinajstić information content (AvgIpc) is 2.27. The van der Waals surface area contributed by atoms with Crippen molar-refractivity contribution in [3.8, 4) is 0 Å². The molecule has 0 aliphatic rings. The molecule has 0 radical (unpaired) electrons. The molecule has 0 bridgehead atoms. The molecule has 0 spiro atoms. The lowest BCUT2D eigenvalue weighted by molar-refractivity contribution is -0.143. The molecule has 1 heterocycles. The fourth-order valence-electron chi connectivity index (χ4n) is 1.36. The molecule has 0 aliphatic carbocycles. The summed E-state index contributed by atoms with van der Waals surface area (Å²) in [6.45, 7) is 2.29. The van der Waals surface area contributed by atoms with E-state index in [1.54, 1.807) is 6.20 Å². The minimum atomic E-state index is -0.105. The van der Waals surface area contributed by atoms with Crippen LogP contribution in [0.15, 0.2) is 22.8 Å². The molecule has 3 nitrogen and oxygen atoms in total. The van der Waals surface area contributed by atoms with Gasteiger partial charge in [-0.05, 0) is 54.2 Å². The summed E-state index contributed by atoms with van der Waals surface area (Å²) in [6, 6.07) is 3.97. The predicted octanol–water partition coefficient (Wildman–Crippen LogP) is 3.12. The van der Waals surface area contributed by atoms with Crippen LogP contribution < -0.4 is 0 Å². The number of hydrogen-bond donors (Lipinski definition) is 0. The van der Waals surface area contributed by atoms with Crippen molar-refractivity contribution in [1.82, 2.24) is 4.98 Å². The van der Waals surface area contributed by atoms with E-state index in [-0.39, 0.29) is 5.97 Å². The van der Waals surface area contributed by atoms with Gasteiger partial charge in [0.05, 0.1) is 6.61 Å². The second kappa shape index (κ2) is 7.39. The first-order valence-electron chi connectivity index (χ1n) is 5.48. The van der Waals surface area contributed by atoms with Gasteiger partial charge < -0.3 is 4.74 Å². The molecule has 1 rings (SSSR count). The molecule has 1 aromatic heterocycles. The molecular formula is C12H16BrNO2. The Morgan fingerprint density at radius 2 is 2.25 bits per heavy atom. The van der Waals surface area contributed by atoms with Gasteiger partial charge in [-0.3, -0.25) is 9.78 Å². The number of carbonyl (C=O) groups excluding carboxylic acids is 1. The lowest BCUT2D eigenvalue weighted by atomic mass is 10.1. The van der Waals surface area contributed by atoms with Gasteiger partial charge in [-0.2, -0.15) is 0 Å². The topological polar surface area (TPSA) is 39.2 Å². The minimum absolute atomic E-state index is 0.105. The number of hydrogen-bond acceptors (Lipinski definition) is 3. The molecule has 0 fully saturated rings. The highest BCUT2D eigenvalue weighted by Gasteiger charge is 2.01. The minimum Gasteiger partial charge on any atom is -0.466 e. The van der Waals surface area contributed by atoms with Gasteiger partial charge in [0, 0.05) is 22.8 Å². The molecule has 0 atom stereocenters. The van der Waals surface area contributed by atoms with E-state index in [0.717, 1.165) is 29.4 Å². The summed E-state index contributed by atoms with van der Waals surface area (Å²) in [5, 5.41) is 0. The third kappa shape index (κ3) is 5.26. The predicted molar refractivity (Wildman–Crippen MR) is 66.1 cm³/mol. The average molecular weight is 286 g/mol. The van der Waals surface area contributed by atoms with Crippen LogP contribution in [0.25, 0.3) is 0 Å². The number of ether oxygens (including phenoxy) is 1. The van der Waals surface area contributed by atoms with Crippen LogP contribution in [0.5, 0.6) is 0 Å². The SMILES string of the molecule is CCOC(=O)CCCCc1ccc(Br)cn1. The van der Waals surface area contributed by atoms with Gasteiger partial charge in [0.1, 0.15) is 0 Å². The Bertz CT molecular complexity index is 324. The van der Waals surface area contributed by atoms with Gasteiger partial charge in [0.15, 0.2) is 0 Å². The molecule has 0 saturated heterocycles. The summed E-state index contributed by atoms with van der Waals surface area (Å²) < 4.78 is 5.84. The van der Waals surface area contributed by atoms with Crippen LogP contribution >= 0.6 is 15.9 Å². The van der Waals surface area contributed by atoms with Crippen molar-refractivity contribution in [2.75, 3.05) is 6.61 Å². The van der Waals surface area contributed by atoms with Crippen LogP contribution in [0.1, 0.15) is 31.9 Å². The molecule has 0 N–H and O–H groups in total. The number of pyridine rings is 1. The smallest absolute Gasteiger partial charge is 0.305 e. The van der Waals surface area contributed by atoms with E-state index in [2.05, 4.69) is 20.9 Å². The first kappa shape index (κ1) is 13.2. The number of nitrogens with zero attached hydrogens (tertiary/aromatic N) is 1.